The number of aromatic nitrogens is 1. The molecule has 128 valence electrons. The Hall–Kier alpha value is -2.57. The number of hydrogen-bond donors (Lipinski definition) is 2. The molecule has 3 rings (SSSR count). The summed E-state index contributed by atoms with van der Waals surface area (Å²) in [6.45, 7) is 1.89. The molecular formula is C18H16ClN3O2S. The molecule has 0 fully saturated rings. The zero-order valence-electron chi connectivity index (χ0n) is 13.7. The fraction of sp³-hybridized carbons (Fsp3) is 0.111. The third-order valence-electron chi connectivity index (χ3n) is 3.53. The monoisotopic (exact) mass is 373 g/mol. The van der Waals surface area contributed by atoms with Crippen LogP contribution in [0.2, 0.25) is 5.02 Å². The van der Waals surface area contributed by atoms with Gasteiger partial charge in [0.15, 0.2) is 5.13 Å². The van der Waals surface area contributed by atoms with Crippen LogP contribution in [-0.4, -0.2) is 18.0 Å². The molecule has 0 saturated carbocycles. The second-order valence-electron chi connectivity index (χ2n) is 5.27. The first-order valence-electron chi connectivity index (χ1n) is 7.50. The summed E-state index contributed by atoms with van der Waals surface area (Å²) in [6, 6.07) is 12.9. The van der Waals surface area contributed by atoms with Crippen molar-refractivity contribution < 1.29 is 9.53 Å². The number of halogens is 1. The van der Waals surface area contributed by atoms with Crippen molar-refractivity contribution in [1.29, 1.82) is 0 Å². The molecule has 2 N–H and O–H groups in total. The van der Waals surface area contributed by atoms with Crippen LogP contribution in [0.1, 0.15) is 15.2 Å². The van der Waals surface area contributed by atoms with Crippen molar-refractivity contribution in [2.24, 2.45) is 0 Å². The van der Waals surface area contributed by atoms with E-state index in [1.807, 2.05) is 43.3 Å². The van der Waals surface area contributed by atoms with Crippen molar-refractivity contribution in [3.63, 3.8) is 0 Å². The molecule has 0 aliphatic carbocycles. The van der Waals surface area contributed by atoms with E-state index in [2.05, 4.69) is 15.6 Å². The van der Waals surface area contributed by atoms with E-state index in [0.29, 0.717) is 20.7 Å². The number of methoxy groups -OCH3 is 1. The summed E-state index contributed by atoms with van der Waals surface area (Å²) in [5, 5.41) is 7.14. The molecule has 25 heavy (non-hydrogen) atoms. The molecule has 1 aromatic heterocycles. The highest BCUT2D eigenvalue weighted by Gasteiger charge is 2.14. The van der Waals surface area contributed by atoms with Crippen LogP contribution in [0.25, 0.3) is 0 Å². The number of para-hydroxylation sites is 1. The molecule has 7 heteroatoms. The van der Waals surface area contributed by atoms with E-state index in [4.69, 9.17) is 16.3 Å². The van der Waals surface area contributed by atoms with Gasteiger partial charge in [-0.05, 0) is 42.8 Å². The van der Waals surface area contributed by atoms with Gasteiger partial charge < -0.3 is 15.4 Å². The molecule has 0 bridgehead atoms. The molecule has 0 aliphatic heterocycles. The number of aryl methyl sites for hydroxylation is 1. The Bertz CT molecular complexity index is 873. The summed E-state index contributed by atoms with van der Waals surface area (Å²) in [4.78, 5) is 17.2. The Kier molecular flexibility index (Phi) is 5.21. The number of carbonyl (C=O) groups excluding carboxylic acids is 1. The predicted molar refractivity (Wildman–Crippen MR) is 103 cm³/mol. The molecule has 2 aromatic carbocycles. The first-order chi connectivity index (χ1) is 12.1. The lowest BCUT2D eigenvalue weighted by atomic mass is 10.2. The van der Waals surface area contributed by atoms with Crippen LogP contribution in [0, 0.1) is 6.92 Å². The van der Waals surface area contributed by atoms with Crippen LogP contribution in [-0.2, 0) is 0 Å². The summed E-state index contributed by atoms with van der Waals surface area (Å²) in [6.07, 6.45) is 1.54. The Morgan fingerprint density at radius 2 is 1.96 bits per heavy atom. The van der Waals surface area contributed by atoms with Crippen LogP contribution in [0.4, 0.5) is 16.5 Å². The van der Waals surface area contributed by atoms with E-state index in [1.165, 1.54) is 17.5 Å². The summed E-state index contributed by atoms with van der Waals surface area (Å²) < 4.78 is 5.13. The molecule has 0 aliphatic rings. The van der Waals surface area contributed by atoms with E-state index in [1.54, 1.807) is 13.2 Å². The number of ether oxygens (including phenoxy) is 1. The smallest absolute Gasteiger partial charge is 0.267 e. The average molecular weight is 374 g/mol. The van der Waals surface area contributed by atoms with E-state index in [9.17, 15) is 4.79 Å². The van der Waals surface area contributed by atoms with Gasteiger partial charge in [0.2, 0.25) is 0 Å². The maximum Gasteiger partial charge on any atom is 0.267 e. The van der Waals surface area contributed by atoms with E-state index >= 15 is 0 Å². The Labute approximate surface area is 154 Å². The number of nitrogens with one attached hydrogen (secondary N) is 2. The van der Waals surface area contributed by atoms with Gasteiger partial charge in [-0.25, -0.2) is 4.98 Å². The number of thiazole rings is 1. The van der Waals surface area contributed by atoms with E-state index in [-0.39, 0.29) is 5.91 Å². The topological polar surface area (TPSA) is 63.2 Å². The van der Waals surface area contributed by atoms with Gasteiger partial charge in [0.25, 0.3) is 5.91 Å². The quantitative estimate of drug-likeness (QED) is 0.652. The summed E-state index contributed by atoms with van der Waals surface area (Å²) in [5.74, 6) is 0.538. The van der Waals surface area contributed by atoms with Crippen LogP contribution in [0.5, 0.6) is 5.75 Å². The molecule has 5 nitrogen and oxygen atoms in total. The lowest BCUT2D eigenvalue weighted by Gasteiger charge is -2.08. The van der Waals surface area contributed by atoms with Gasteiger partial charge in [-0.2, -0.15) is 0 Å². The highest BCUT2D eigenvalue weighted by molar-refractivity contribution is 7.17. The molecule has 0 radical (unpaired) electrons. The molecule has 0 atom stereocenters. The van der Waals surface area contributed by atoms with Gasteiger partial charge in [0, 0.05) is 5.69 Å². The third-order valence-corrected chi connectivity index (χ3v) is 4.76. The zero-order valence-corrected chi connectivity index (χ0v) is 15.2. The normalized spacial score (nSPS) is 10.4. The molecule has 0 unspecified atom stereocenters. The second-order valence-corrected chi connectivity index (χ2v) is 6.71. The third kappa shape index (κ3) is 4.10. The van der Waals surface area contributed by atoms with Crippen molar-refractivity contribution in [3.05, 3.63) is 64.1 Å². The molecule has 1 amide bonds. The predicted octanol–water partition coefficient (Wildman–Crippen LogP) is 5.11. The van der Waals surface area contributed by atoms with Crippen LogP contribution in [0.3, 0.4) is 0 Å². The number of anilines is 3. The van der Waals surface area contributed by atoms with E-state index < -0.39 is 0 Å². The molecular weight excluding hydrogens is 358 g/mol. The van der Waals surface area contributed by atoms with Crippen LogP contribution < -0.4 is 15.4 Å². The van der Waals surface area contributed by atoms with Gasteiger partial charge in [-0.1, -0.05) is 35.1 Å². The highest BCUT2D eigenvalue weighted by atomic mass is 35.5. The molecule has 0 spiro atoms. The standard InChI is InChI=1S/C18H16ClN3O2S/c1-11-4-3-5-14(19)16(11)22-17(23)15-10-20-18(25-15)21-12-6-8-13(24-2)9-7-12/h3-10H,1-2H3,(H,20,21)(H,22,23). The number of rotatable bonds is 5. The van der Waals surface area contributed by atoms with Gasteiger partial charge >= 0.3 is 0 Å². The number of nitrogens with zero attached hydrogens (tertiary/aromatic N) is 1. The Balaban J connectivity index is 1.71. The summed E-state index contributed by atoms with van der Waals surface area (Å²) in [5.41, 5.74) is 2.39. The SMILES string of the molecule is COc1ccc(Nc2ncc(C(=O)Nc3c(C)cccc3Cl)s2)cc1. The lowest BCUT2D eigenvalue weighted by Crippen LogP contribution is -2.11. The Morgan fingerprint density at radius 3 is 2.64 bits per heavy atom. The van der Waals surface area contributed by atoms with Gasteiger partial charge in [-0.3, -0.25) is 4.79 Å². The first-order valence-corrected chi connectivity index (χ1v) is 8.69. The zero-order chi connectivity index (χ0) is 17.8. The maximum absolute atomic E-state index is 12.4. The number of carbonyl (C=O) groups is 1. The molecule has 0 saturated heterocycles. The van der Waals surface area contributed by atoms with Crippen molar-refractivity contribution in [1.82, 2.24) is 4.98 Å². The first kappa shape index (κ1) is 17.3. The Morgan fingerprint density at radius 1 is 1.20 bits per heavy atom. The number of amides is 1. The molecule has 3 aromatic rings. The summed E-state index contributed by atoms with van der Waals surface area (Å²) >= 11 is 7.42. The highest BCUT2D eigenvalue weighted by Crippen LogP contribution is 2.28. The summed E-state index contributed by atoms with van der Waals surface area (Å²) in [7, 11) is 1.62. The molecule has 1 heterocycles. The fourth-order valence-electron chi connectivity index (χ4n) is 2.20. The number of hydrogen-bond acceptors (Lipinski definition) is 5. The minimum Gasteiger partial charge on any atom is -0.497 e. The van der Waals surface area contributed by atoms with Crippen molar-refractivity contribution in [2.45, 2.75) is 6.92 Å². The minimum atomic E-state index is -0.239. The average Bonchev–Trinajstić information content (AvgIpc) is 3.07. The second kappa shape index (κ2) is 7.55. The van der Waals surface area contributed by atoms with Gasteiger partial charge in [0.05, 0.1) is 24.0 Å². The van der Waals surface area contributed by atoms with Crippen LogP contribution >= 0.6 is 22.9 Å². The van der Waals surface area contributed by atoms with Crippen molar-refractivity contribution >= 4 is 45.4 Å². The largest absolute Gasteiger partial charge is 0.497 e. The van der Waals surface area contributed by atoms with E-state index in [0.717, 1.165) is 17.0 Å². The van der Waals surface area contributed by atoms with Crippen molar-refractivity contribution in [2.75, 3.05) is 17.7 Å². The number of benzene rings is 2. The minimum absolute atomic E-state index is 0.239. The van der Waals surface area contributed by atoms with Crippen LogP contribution in [0.15, 0.2) is 48.7 Å². The fourth-order valence-corrected chi connectivity index (χ4v) is 3.20. The maximum atomic E-state index is 12.4. The lowest BCUT2D eigenvalue weighted by molar-refractivity contribution is 0.103. The van der Waals surface area contributed by atoms with Gasteiger partial charge in [0.1, 0.15) is 10.6 Å². The van der Waals surface area contributed by atoms with Crippen molar-refractivity contribution in [3.8, 4) is 5.75 Å². The van der Waals surface area contributed by atoms with Gasteiger partial charge in [-0.15, -0.1) is 0 Å².